The maximum atomic E-state index is 8.63. The highest BCUT2D eigenvalue weighted by Crippen LogP contribution is 2.20. The van der Waals surface area contributed by atoms with Crippen LogP contribution in [0.15, 0.2) is 53.7 Å². The first kappa shape index (κ1) is 13.0. The van der Waals surface area contributed by atoms with Crippen molar-refractivity contribution >= 4 is 5.84 Å². The lowest BCUT2D eigenvalue weighted by molar-refractivity contribution is 0.304. The number of aryl methyl sites for hydroxylation is 1. The predicted octanol–water partition coefficient (Wildman–Crippen LogP) is 2.67. The summed E-state index contributed by atoms with van der Waals surface area (Å²) >= 11 is 0. The van der Waals surface area contributed by atoms with Crippen LogP contribution in [0, 0.1) is 6.92 Å². The standard InChI is InChI=1S/C15H16N2O2/c1-11-9-13(15(16)17-18)7-8-14(11)19-10-12-5-3-2-4-6-12/h2-9,18H,10H2,1H3,(H2,16,17). The molecular weight excluding hydrogens is 240 g/mol. The van der Waals surface area contributed by atoms with E-state index in [0.717, 1.165) is 16.9 Å². The fourth-order valence-electron chi connectivity index (χ4n) is 1.76. The highest BCUT2D eigenvalue weighted by molar-refractivity contribution is 5.97. The minimum Gasteiger partial charge on any atom is -0.489 e. The first-order valence-corrected chi connectivity index (χ1v) is 5.96. The van der Waals surface area contributed by atoms with Crippen LogP contribution < -0.4 is 10.5 Å². The summed E-state index contributed by atoms with van der Waals surface area (Å²) in [6.45, 7) is 2.44. The van der Waals surface area contributed by atoms with Gasteiger partial charge in [0.05, 0.1) is 0 Å². The second-order valence-corrected chi connectivity index (χ2v) is 4.24. The molecule has 4 heteroatoms. The molecule has 0 saturated carbocycles. The van der Waals surface area contributed by atoms with Gasteiger partial charge in [0.15, 0.2) is 5.84 Å². The second kappa shape index (κ2) is 5.91. The molecule has 4 nitrogen and oxygen atoms in total. The van der Waals surface area contributed by atoms with Crippen molar-refractivity contribution in [3.63, 3.8) is 0 Å². The zero-order valence-electron chi connectivity index (χ0n) is 10.7. The van der Waals surface area contributed by atoms with Gasteiger partial charge >= 0.3 is 0 Å². The van der Waals surface area contributed by atoms with Crippen LogP contribution in [0.5, 0.6) is 5.75 Å². The quantitative estimate of drug-likeness (QED) is 0.382. The predicted molar refractivity (Wildman–Crippen MR) is 74.5 cm³/mol. The third-order valence-electron chi connectivity index (χ3n) is 2.82. The van der Waals surface area contributed by atoms with Crippen LogP contribution in [0.25, 0.3) is 0 Å². The van der Waals surface area contributed by atoms with Gasteiger partial charge < -0.3 is 15.7 Å². The van der Waals surface area contributed by atoms with Gasteiger partial charge in [-0.1, -0.05) is 35.5 Å². The lowest BCUT2D eigenvalue weighted by atomic mass is 10.1. The SMILES string of the molecule is Cc1cc(/C(N)=N/O)ccc1OCc1ccccc1. The molecule has 0 fully saturated rings. The molecule has 0 aliphatic rings. The van der Waals surface area contributed by atoms with E-state index in [1.807, 2.05) is 49.4 Å². The molecule has 19 heavy (non-hydrogen) atoms. The number of nitrogens with two attached hydrogens (primary N) is 1. The Morgan fingerprint density at radius 2 is 1.95 bits per heavy atom. The lowest BCUT2D eigenvalue weighted by Crippen LogP contribution is -2.13. The molecule has 0 aliphatic heterocycles. The van der Waals surface area contributed by atoms with Gasteiger partial charge in [0.25, 0.3) is 0 Å². The van der Waals surface area contributed by atoms with Crippen molar-refractivity contribution in [1.29, 1.82) is 0 Å². The largest absolute Gasteiger partial charge is 0.489 e. The number of benzene rings is 2. The molecular formula is C15H16N2O2. The van der Waals surface area contributed by atoms with Crippen LogP contribution in [0.3, 0.4) is 0 Å². The Balaban J connectivity index is 2.10. The van der Waals surface area contributed by atoms with E-state index in [2.05, 4.69) is 5.16 Å². The minimum atomic E-state index is 0.0951. The fraction of sp³-hybridized carbons (Fsp3) is 0.133. The highest BCUT2D eigenvalue weighted by Gasteiger charge is 2.04. The van der Waals surface area contributed by atoms with Crippen LogP contribution in [-0.2, 0) is 6.61 Å². The Morgan fingerprint density at radius 1 is 1.21 bits per heavy atom. The molecule has 0 bridgehead atoms. The molecule has 0 aromatic heterocycles. The van der Waals surface area contributed by atoms with Gasteiger partial charge in [-0.25, -0.2) is 0 Å². The molecule has 0 spiro atoms. The van der Waals surface area contributed by atoms with E-state index < -0.39 is 0 Å². The number of amidine groups is 1. The average Bonchev–Trinajstić information content (AvgIpc) is 2.46. The Kier molecular flexibility index (Phi) is 4.03. The molecule has 3 N–H and O–H groups in total. The number of oxime groups is 1. The summed E-state index contributed by atoms with van der Waals surface area (Å²) in [5.74, 6) is 0.885. The normalized spacial score (nSPS) is 11.3. The summed E-state index contributed by atoms with van der Waals surface area (Å²) in [5.41, 5.74) is 8.27. The van der Waals surface area contributed by atoms with Crippen LogP contribution >= 0.6 is 0 Å². The number of nitrogens with zero attached hydrogens (tertiary/aromatic N) is 1. The van der Waals surface area contributed by atoms with E-state index in [9.17, 15) is 0 Å². The first-order valence-electron chi connectivity index (χ1n) is 5.96. The third-order valence-corrected chi connectivity index (χ3v) is 2.82. The summed E-state index contributed by atoms with van der Waals surface area (Å²) in [6, 6.07) is 15.4. The average molecular weight is 256 g/mol. The Hall–Kier alpha value is -2.49. The van der Waals surface area contributed by atoms with Crippen molar-refractivity contribution in [2.45, 2.75) is 13.5 Å². The van der Waals surface area contributed by atoms with Crippen LogP contribution in [-0.4, -0.2) is 11.0 Å². The van der Waals surface area contributed by atoms with E-state index >= 15 is 0 Å². The molecule has 98 valence electrons. The van der Waals surface area contributed by atoms with Gasteiger partial charge in [0.1, 0.15) is 12.4 Å². The summed E-state index contributed by atoms with van der Waals surface area (Å²) in [4.78, 5) is 0. The first-order chi connectivity index (χ1) is 9.20. The molecule has 0 atom stereocenters. The van der Waals surface area contributed by atoms with Gasteiger partial charge in [0.2, 0.25) is 0 Å². The Labute approximate surface area is 112 Å². The van der Waals surface area contributed by atoms with Crippen LogP contribution in [0.2, 0.25) is 0 Å². The highest BCUT2D eigenvalue weighted by atomic mass is 16.5. The number of hydrogen-bond acceptors (Lipinski definition) is 3. The molecule has 0 amide bonds. The molecule has 2 aromatic rings. The summed E-state index contributed by atoms with van der Waals surface area (Å²) in [5, 5.41) is 11.6. The maximum absolute atomic E-state index is 8.63. The van der Waals surface area contributed by atoms with E-state index in [1.165, 1.54) is 0 Å². The minimum absolute atomic E-state index is 0.0951. The molecule has 0 saturated heterocycles. The summed E-state index contributed by atoms with van der Waals surface area (Å²) in [7, 11) is 0. The summed E-state index contributed by atoms with van der Waals surface area (Å²) in [6.07, 6.45) is 0. The molecule has 0 heterocycles. The Bertz CT molecular complexity index is 580. The number of ether oxygens (including phenoxy) is 1. The maximum Gasteiger partial charge on any atom is 0.170 e. The molecule has 0 aliphatic carbocycles. The van der Waals surface area contributed by atoms with Crippen molar-refractivity contribution in [3.8, 4) is 5.75 Å². The topological polar surface area (TPSA) is 67.8 Å². The second-order valence-electron chi connectivity index (χ2n) is 4.24. The van der Waals surface area contributed by atoms with Crippen molar-refractivity contribution < 1.29 is 9.94 Å². The lowest BCUT2D eigenvalue weighted by Gasteiger charge is -2.10. The summed E-state index contributed by atoms with van der Waals surface area (Å²) < 4.78 is 5.75. The van der Waals surface area contributed by atoms with E-state index in [1.54, 1.807) is 6.07 Å². The van der Waals surface area contributed by atoms with Gasteiger partial charge in [-0.3, -0.25) is 0 Å². The van der Waals surface area contributed by atoms with Crippen LogP contribution in [0.4, 0.5) is 0 Å². The third kappa shape index (κ3) is 3.25. The van der Waals surface area contributed by atoms with Gasteiger partial charge in [-0.15, -0.1) is 0 Å². The van der Waals surface area contributed by atoms with Crippen molar-refractivity contribution in [2.75, 3.05) is 0 Å². The zero-order valence-corrected chi connectivity index (χ0v) is 10.7. The van der Waals surface area contributed by atoms with E-state index in [-0.39, 0.29) is 5.84 Å². The van der Waals surface area contributed by atoms with Gasteiger partial charge in [-0.05, 0) is 36.2 Å². The Morgan fingerprint density at radius 3 is 2.58 bits per heavy atom. The monoisotopic (exact) mass is 256 g/mol. The smallest absolute Gasteiger partial charge is 0.170 e. The van der Waals surface area contributed by atoms with Gasteiger partial charge in [-0.2, -0.15) is 0 Å². The van der Waals surface area contributed by atoms with Crippen molar-refractivity contribution in [3.05, 3.63) is 65.2 Å². The number of hydrogen-bond donors (Lipinski definition) is 2. The van der Waals surface area contributed by atoms with E-state index in [0.29, 0.717) is 12.2 Å². The number of rotatable bonds is 4. The molecule has 2 rings (SSSR count). The molecule has 0 unspecified atom stereocenters. The zero-order chi connectivity index (χ0) is 13.7. The van der Waals surface area contributed by atoms with Crippen molar-refractivity contribution in [1.82, 2.24) is 0 Å². The molecule has 2 aromatic carbocycles. The van der Waals surface area contributed by atoms with Crippen LogP contribution in [0.1, 0.15) is 16.7 Å². The fourth-order valence-corrected chi connectivity index (χ4v) is 1.76. The van der Waals surface area contributed by atoms with E-state index in [4.69, 9.17) is 15.7 Å². The van der Waals surface area contributed by atoms with Gasteiger partial charge in [0, 0.05) is 5.56 Å². The van der Waals surface area contributed by atoms with Crippen molar-refractivity contribution in [2.24, 2.45) is 10.9 Å². The molecule has 0 radical (unpaired) electrons.